The van der Waals surface area contributed by atoms with Crippen molar-refractivity contribution in [1.82, 2.24) is 15.1 Å². The number of para-hydroxylation sites is 1. The van der Waals surface area contributed by atoms with Gasteiger partial charge in [-0.25, -0.2) is 0 Å². The fraction of sp³-hybridized carbons (Fsp3) is 0.652. The summed E-state index contributed by atoms with van der Waals surface area (Å²) in [6, 6.07) is 5.72. The first-order valence-corrected chi connectivity index (χ1v) is 11.1. The number of hydrogen-bond donors (Lipinski definition) is 1. The number of carbonyl (C=O) groups is 2. The van der Waals surface area contributed by atoms with Crippen molar-refractivity contribution in [3.63, 3.8) is 0 Å². The van der Waals surface area contributed by atoms with Crippen LogP contribution in [0.2, 0.25) is 0 Å². The lowest BCUT2D eigenvalue weighted by Crippen LogP contribution is -2.46. The van der Waals surface area contributed by atoms with Gasteiger partial charge in [0.05, 0.1) is 20.3 Å². The molecule has 1 N–H and O–H groups in total. The van der Waals surface area contributed by atoms with Crippen LogP contribution in [-0.2, 0) is 16.1 Å². The van der Waals surface area contributed by atoms with Gasteiger partial charge in [-0.05, 0) is 38.3 Å². The summed E-state index contributed by atoms with van der Waals surface area (Å²) in [6.45, 7) is 3.50. The zero-order chi connectivity index (χ0) is 21.3. The molecule has 1 aromatic rings. The van der Waals surface area contributed by atoms with E-state index in [0.29, 0.717) is 25.3 Å². The molecule has 7 heteroatoms. The van der Waals surface area contributed by atoms with E-state index in [1.807, 2.05) is 23.1 Å². The molecule has 0 radical (unpaired) electrons. The summed E-state index contributed by atoms with van der Waals surface area (Å²) in [5, 5.41) is 2.96. The number of nitrogens with zero attached hydrogens (tertiary/aromatic N) is 2. The second-order valence-electron chi connectivity index (χ2n) is 8.12. The van der Waals surface area contributed by atoms with Gasteiger partial charge in [-0.15, -0.1) is 0 Å². The van der Waals surface area contributed by atoms with E-state index in [0.717, 1.165) is 69.5 Å². The lowest BCUT2D eigenvalue weighted by atomic mass is 10.1. The zero-order valence-electron chi connectivity index (χ0n) is 18.3. The van der Waals surface area contributed by atoms with E-state index in [2.05, 4.69) is 10.2 Å². The normalized spacial score (nSPS) is 21.6. The molecule has 2 saturated heterocycles. The van der Waals surface area contributed by atoms with Gasteiger partial charge in [-0.3, -0.25) is 14.5 Å². The van der Waals surface area contributed by atoms with Crippen LogP contribution in [0.25, 0.3) is 0 Å². The van der Waals surface area contributed by atoms with Crippen LogP contribution in [0, 0.1) is 0 Å². The minimum absolute atomic E-state index is 0.0408. The predicted octanol–water partition coefficient (Wildman–Crippen LogP) is 2.58. The molecule has 2 amide bonds. The Hall–Kier alpha value is -2.28. The Bertz CT molecular complexity index is 724. The maximum Gasteiger partial charge on any atom is 0.239 e. The smallest absolute Gasteiger partial charge is 0.239 e. The number of carbonyl (C=O) groups excluding carboxylic acids is 2. The van der Waals surface area contributed by atoms with Crippen LogP contribution in [0.4, 0.5) is 0 Å². The van der Waals surface area contributed by atoms with Crippen molar-refractivity contribution in [2.75, 3.05) is 40.4 Å². The van der Waals surface area contributed by atoms with Crippen LogP contribution in [-0.4, -0.2) is 68.1 Å². The number of hydrogen-bond acceptors (Lipinski definition) is 5. The van der Waals surface area contributed by atoms with Crippen LogP contribution in [0.5, 0.6) is 11.5 Å². The van der Waals surface area contributed by atoms with E-state index in [-0.39, 0.29) is 17.9 Å². The molecule has 30 heavy (non-hydrogen) atoms. The van der Waals surface area contributed by atoms with Gasteiger partial charge in [-0.2, -0.15) is 0 Å². The molecule has 0 saturated carbocycles. The molecule has 0 unspecified atom stereocenters. The van der Waals surface area contributed by atoms with E-state index in [4.69, 9.17) is 9.47 Å². The first-order valence-electron chi connectivity index (χ1n) is 11.1. The highest BCUT2D eigenvalue weighted by molar-refractivity contribution is 5.83. The van der Waals surface area contributed by atoms with Crippen LogP contribution in [0.15, 0.2) is 18.2 Å². The first-order chi connectivity index (χ1) is 14.6. The third kappa shape index (κ3) is 5.65. The minimum Gasteiger partial charge on any atom is -0.493 e. The van der Waals surface area contributed by atoms with Crippen LogP contribution >= 0.6 is 0 Å². The Morgan fingerprint density at radius 1 is 1.07 bits per heavy atom. The molecule has 7 nitrogen and oxygen atoms in total. The maximum atomic E-state index is 13.4. The second-order valence-corrected chi connectivity index (χ2v) is 8.12. The molecule has 2 aliphatic heterocycles. The molecule has 2 heterocycles. The lowest BCUT2D eigenvalue weighted by Gasteiger charge is -2.30. The van der Waals surface area contributed by atoms with E-state index >= 15 is 0 Å². The van der Waals surface area contributed by atoms with E-state index < -0.39 is 0 Å². The standard InChI is InChI=1S/C23H35N3O4/c1-29-20-11-7-9-18(22(20)30-2)17-26-15-8-10-19(26)23(28)25-14-6-4-3-5-13-24-21(27)12-16-25/h7,9,11,19H,3-6,8,10,12-17H2,1-2H3,(H,24,27)/t19-/m0/s1. The minimum atomic E-state index is -0.144. The molecule has 0 aliphatic carbocycles. The van der Waals surface area contributed by atoms with Crippen molar-refractivity contribution in [3.8, 4) is 11.5 Å². The van der Waals surface area contributed by atoms with E-state index in [9.17, 15) is 9.59 Å². The quantitative estimate of drug-likeness (QED) is 0.797. The Kier molecular flexibility index (Phi) is 8.37. The van der Waals surface area contributed by atoms with Crippen LogP contribution in [0.3, 0.4) is 0 Å². The molecule has 0 aromatic heterocycles. The summed E-state index contributed by atoms with van der Waals surface area (Å²) in [4.78, 5) is 29.6. The molecule has 2 aliphatic rings. The number of ether oxygens (including phenoxy) is 2. The van der Waals surface area contributed by atoms with Crippen LogP contribution in [0.1, 0.15) is 50.5 Å². The van der Waals surface area contributed by atoms with Crippen molar-refractivity contribution in [2.45, 2.75) is 57.5 Å². The van der Waals surface area contributed by atoms with Crippen molar-refractivity contribution in [2.24, 2.45) is 0 Å². The maximum absolute atomic E-state index is 13.4. The van der Waals surface area contributed by atoms with Crippen molar-refractivity contribution >= 4 is 11.8 Å². The Morgan fingerprint density at radius 3 is 2.70 bits per heavy atom. The number of amides is 2. The van der Waals surface area contributed by atoms with Crippen molar-refractivity contribution in [1.29, 1.82) is 0 Å². The highest BCUT2D eigenvalue weighted by Gasteiger charge is 2.34. The van der Waals surface area contributed by atoms with Crippen LogP contribution < -0.4 is 14.8 Å². The van der Waals surface area contributed by atoms with Gasteiger partial charge in [0, 0.05) is 38.2 Å². The third-order valence-electron chi connectivity index (χ3n) is 6.10. The Morgan fingerprint density at radius 2 is 1.90 bits per heavy atom. The Labute approximate surface area is 179 Å². The summed E-state index contributed by atoms with van der Waals surface area (Å²) in [5.41, 5.74) is 1.02. The predicted molar refractivity (Wildman–Crippen MR) is 116 cm³/mol. The number of methoxy groups -OCH3 is 2. The van der Waals surface area contributed by atoms with Gasteiger partial charge in [0.15, 0.2) is 11.5 Å². The van der Waals surface area contributed by atoms with Crippen molar-refractivity contribution in [3.05, 3.63) is 23.8 Å². The van der Waals surface area contributed by atoms with Gasteiger partial charge in [0.2, 0.25) is 11.8 Å². The average Bonchev–Trinajstić information content (AvgIpc) is 3.20. The summed E-state index contributed by atoms with van der Waals surface area (Å²) >= 11 is 0. The topological polar surface area (TPSA) is 71.1 Å². The molecule has 1 atom stereocenters. The number of nitrogens with one attached hydrogen (secondary N) is 1. The molecule has 2 fully saturated rings. The summed E-state index contributed by atoms with van der Waals surface area (Å²) in [7, 11) is 3.28. The molecule has 0 bridgehead atoms. The second kappa shape index (κ2) is 11.2. The number of rotatable bonds is 5. The number of likely N-dealkylation sites (tertiary alicyclic amines) is 1. The van der Waals surface area contributed by atoms with Gasteiger partial charge in [-0.1, -0.05) is 25.0 Å². The summed E-state index contributed by atoms with van der Waals surface area (Å²) in [6.07, 6.45) is 6.42. The first kappa shape index (κ1) is 22.4. The largest absolute Gasteiger partial charge is 0.493 e. The highest BCUT2D eigenvalue weighted by atomic mass is 16.5. The Balaban J connectivity index is 1.70. The third-order valence-corrected chi connectivity index (χ3v) is 6.10. The molecule has 3 rings (SSSR count). The van der Waals surface area contributed by atoms with Gasteiger partial charge in [0.1, 0.15) is 0 Å². The summed E-state index contributed by atoms with van der Waals surface area (Å²) < 4.78 is 11.0. The monoisotopic (exact) mass is 417 g/mol. The zero-order valence-corrected chi connectivity index (χ0v) is 18.3. The van der Waals surface area contributed by atoms with Gasteiger partial charge in [0.25, 0.3) is 0 Å². The highest BCUT2D eigenvalue weighted by Crippen LogP contribution is 2.33. The SMILES string of the molecule is COc1cccc(CN2CCC[C@H]2C(=O)N2CCCCCCNC(=O)CC2)c1OC. The molecular formula is C23H35N3O4. The molecule has 166 valence electrons. The van der Waals surface area contributed by atoms with E-state index in [1.54, 1.807) is 14.2 Å². The van der Waals surface area contributed by atoms with Gasteiger partial charge < -0.3 is 19.7 Å². The molecule has 1 aromatic carbocycles. The fourth-order valence-electron chi connectivity index (χ4n) is 4.47. The fourth-order valence-corrected chi connectivity index (χ4v) is 4.47. The average molecular weight is 418 g/mol. The van der Waals surface area contributed by atoms with Crippen molar-refractivity contribution < 1.29 is 19.1 Å². The van der Waals surface area contributed by atoms with Gasteiger partial charge >= 0.3 is 0 Å². The summed E-state index contributed by atoms with van der Waals surface area (Å²) in [5.74, 6) is 1.63. The van der Waals surface area contributed by atoms with E-state index in [1.165, 1.54) is 0 Å². The lowest BCUT2D eigenvalue weighted by molar-refractivity contribution is -0.136. The number of benzene rings is 1. The molecule has 0 spiro atoms. The molecular weight excluding hydrogens is 382 g/mol.